The van der Waals surface area contributed by atoms with Crippen molar-refractivity contribution in [2.45, 2.75) is 32.9 Å². The number of hydrogen-bond donors (Lipinski definition) is 1. The lowest BCUT2D eigenvalue weighted by atomic mass is 9.99. The minimum Gasteiger partial charge on any atom is -0.348 e. The maximum atomic E-state index is 12.3. The lowest BCUT2D eigenvalue weighted by Crippen LogP contribution is -2.34. The first-order valence-electron chi connectivity index (χ1n) is 8.55. The molecule has 1 atom stereocenters. The van der Waals surface area contributed by atoms with E-state index in [-0.39, 0.29) is 5.91 Å². The van der Waals surface area contributed by atoms with Crippen molar-refractivity contribution in [1.82, 2.24) is 10.2 Å². The van der Waals surface area contributed by atoms with E-state index in [4.69, 9.17) is 23.2 Å². The van der Waals surface area contributed by atoms with E-state index in [1.165, 1.54) is 29.7 Å². The van der Waals surface area contributed by atoms with Crippen LogP contribution in [-0.2, 0) is 13.1 Å². The Bertz CT molecular complexity index is 747. The van der Waals surface area contributed by atoms with E-state index in [1.807, 2.05) is 6.07 Å². The van der Waals surface area contributed by atoms with Crippen LogP contribution in [0, 0.1) is 5.92 Å². The van der Waals surface area contributed by atoms with Crippen molar-refractivity contribution in [3.8, 4) is 0 Å². The summed E-state index contributed by atoms with van der Waals surface area (Å²) < 4.78 is 0.952. The van der Waals surface area contributed by atoms with Crippen molar-refractivity contribution < 1.29 is 4.79 Å². The van der Waals surface area contributed by atoms with Gasteiger partial charge in [-0.15, -0.1) is 11.3 Å². The largest absolute Gasteiger partial charge is 0.348 e. The van der Waals surface area contributed by atoms with Gasteiger partial charge < -0.3 is 5.32 Å². The Morgan fingerprint density at radius 1 is 1.32 bits per heavy atom. The predicted octanol–water partition coefficient (Wildman–Crippen LogP) is 5.22. The molecule has 0 saturated carbocycles. The van der Waals surface area contributed by atoms with Crippen LogP contribution in [-0.4, -0.2) is 23.9 Å². The number of rotatable bonds is 5. The summed E-state index contributed by atoms with van der Waals surface area (Å²) >= 11 is 13.2. The fourth-order valence-corrected chi connectivity index (χ4v) is 4.78. The number of piperidine rings is 1. The maximum absolute atomic E-state index is 12.3. The van der Waals surface area contributed by atoms with E-state index in [1.54, 1.807) is 6.07 Å². The molecule has 2 aromatic rings. The average molecular weight is 397 g/mol. The van der Waals surface area contributed by atoms with Gasteiger partial charge in [0.15, 0.2) is 0 Å². The Morgan fingerprint density at radius 3 is 2.76 bits per heavy atom. The van der Waals surface area contributed by atoms with Crippen molar-refractivity contribution in [2.24, 2.45) is 5.92 Å². The van der Waals surface area contributed by atoms with Crippen LogP contribution in [0.4, 0.5) is 0 Å². The quantitative estimate of drug-likeness (QED) is 0.751. The van der Waals surface area contributed by atoms with Crippen LogP contribution >= 0.6 is 34.5 Å². The third-order valence-corrected chi connectivity index (χ3v) is 6.08. The Kier molecular flexibility index (Phi) is 6.39. The predicted molar refractivity (Wildman–Crippen MR) is 106 cm³/mol. The summed E-state index contributed by atoms with van der Waals surface area (Å²) in [5.41, 5.74) is 2.86. The highest BCUT2D eigenvalue weighted by molar-refractivity contribution is 7.20. The molecule has 1 aromatic heterocycles. The molecular formula is C19H22Cl2N2OS. The van der Waals surface area contributed by atoms with Crippen molar-refractivity contribution in [3.63, 3.8) is 0 Å². The standard InChI is InChI=1S/C19H22Cl2N2OS/c1-13-5-4-8-23(11-13)12-15-7-3-2-6-14(15)10-22-19(24)16-9-17(20)25-18(16)21/h2-3,6-7,9,13H,4-5,8,10-12H2,1H3,(H,22,24). The second-order valence-electron chi connectivity index (χ2n) is 6.67. The van der Waals surface area contributed by atoms with E-state index in [0.717, 1.165) is 31.1 Å². The smallest absolute Gasteiger partial charge is 0.253 e. The molecule has 1 aliphatic heterocycles. The minimum absolute atomic E-state index is 0.186. The van der Waals surface area contributed by atoms with E-state index in [0.29, 0.717) is 20.8 Å². The molecule has 0 radical (unpaired) electrons. The summed E-state index contributed by atoms with van der Waals surface area (Å²) in [5.74, 6) is 0.570. The third-order valence-electron chi connectivity index (χ3n) is 4.59. The number of nitrogens with one attached hydrogen (secondary N) is 1. The van der Waals surface area contributed by atoms with Crippen LogP contribution in [0.25, 0.3) is 0 Å². The van der Waals surface area contributed by atoms with Gasteiger partial charge in [0.05, 0.1) is 9.90 Å². The van der Waals surface area contributed by atoms with Crippen LogP contribution in [0.5, 0.6) is 0 Å². The van der Waals surface area contributed by atoms with E-state index < -0.39 is 0 Å². The summed E-state index contributed by atoms with van der Waals surface area (Å²) in [6.45, 7) is 6.02. The summed E-state index contributed by atoms with van der Waals surface area (Å²) in [7, 11) is 0. The van der Waals surface area contributed by atoms with Crippen LogP contribution in [0.2, 0.25) is 8.67 Å². The SMILES string of the molecule is CC1CCCN(Cc2ccccc2CNC(=O)c2cc(Cl)sc2Cl)C1. The molecule has 3 nitrogen and oxygen atoms in total. The molecule has 134 valence electrons. The second kappa shape index (κ2) is 8.54. The molecule has 1 unspecified atom stereocenters. The Morgan fingerprint density at radius 2 is 2.08 bits per heavy atom. The van der Waals surface area contributed by atoms with Gasteiger partial charge in [-0.1, -0.05) is 54.4 Å². The zero-order valence-electron chi connectivity index (χ0n) is 14.2. The van der Waals surface area contributed by atoms with Gasteiger partial charge in [0.1, 0.15) is 4.34 Å². The Hall–Kier alpha value is -1.07. The van der Waals surface area contributed by atoms with Crippen LogP contribution < -0.4 is 5.32 Å². The zero-order valence-corrected chi connectivity index (χ0v) is 16.6. The molecule has 1 saturated heterocycles. The highest BCUT2D eigenvalue weighted by Crippen LogP contribution is 2.31. The van der Waals surface area contributed by atoms with E-state index in [2.05, 4.69) is 35.3 Å². The van der Waals surface area contributed by atoms with Crippen molar-refractivity contribution in [2.75, 3.05) is 13.1 Å². The van der Waals surface area contributed by atoms with E-state index >= 15 is 0 Å². The number of carbonyl (C=O) groups excluding carboxylic acids is 1. The number of thiophene rings is 1. The summed E-state index contributed by atoms with van der Waals surface area (Å²) in [6, 6.07) is 9.91. The molecule has 1 fully saturated rings. The Balaban J connectivity index is 1.64. The lowest BCUT2D eigenvalue weighted by molar-refractivity contribution is 0.0951. The highest BCUT2D eigenvalue weighted by atomic mass is 35.5. The number of hydrogen-bond acceptors (Lipinski definition) is 3. The first-order chi connectivity index (χ1) is 12.0. The van der Waals surface area contributed by atoms with Crippen LogP contribution in [0.3, 0.4) is 0 Å². The molecule has 0 spiro atoms. The van der Waals surface area contributed by atoms with Gasteiger partial charge in [0, 0.05) is 19.6 Å². The van der Waals surface area contributed by atoms with Crippen molar-refractivity contribution in [1.29, 1.82) is 0 Å². The van der Waals surface area contributed by atoms with Gasteiger partial charge in [0.2, 0.25) is 0 Å². The van der Waals surface area contributed by atoms with Gasteiger partial charge in [-0.2, -0.15) is 0 Å². The van der Waals surface area contributed by atoms with E-state index in [9.17, 15) is 4.79 Å². The fraction of sp³-hybridized carbons (Fsp3) is 0.421. The Labute approximate surface area is 162 Å². The summed E-state index contributed by atoms with van der Waals surface area (Å²) in [4.78, 5) is 14.8. The normalized spacial score (nSPS) is 18.3. The topological polar surface area (TPSA) is 32.3 Å². The number of likely N-dealkylation sites (tertiary alicyclic amines) is 1. The molecule has 0 aliphatic carbocycles. The molecule has 3 rings (SSSR count). The molecular weight excluding hydrogens is 375 g/mol. The minimum atomic E-state index is -0.186. The fourth-order valence-electron chi connectivity index (χ4n) is 3.32. The zero-order chi connectivity index (χ0) is 17.8. The average Bonchev–Trinajstić information content (AvgIpc) is 2.92. The second-order valence-corrected chi connectivity index (χ2v) is 8.96. The number of halogens is 2. The van der Waals surface area contributed by atoms with Gasteiger partial charge in [0.25, 0.3) is 5.91 Å². The summed E-state index contributed by atoms with van der Waals surface area (Å²) in [5, 5.41) is 2.96. The van der Waals surface area contributed by atoms with Crippen molar-refractivity contribution in [3.05, 3.63) is 55.7 Å². The van der Waals surface area contributed by atoms with Gasteiger partial charge >= 0.3 is 0 Å². The molecule has 6 heteroatoms. The number of amides is 1. The van der Waals surface area contributed by atoms with Gasteiger partial charge in [-0.3, -0.25) is 9.69 Å². The molecule has 1 aromatic carbocycles. The van der Waals surface area contributed by atoms with Gasteiger partial charge in [-0.05, 0) is 42.5 Å². The molecule has 1 aliphatic rings. The first-order valence-corrected chi connectivity index (χ1v) is 10.1. The monoisotopic (exact) mass is 396 g/mol. The summed E-state index contributed by atoms with van der Waals surface area (Å²) in [6.07, 6.45) is 2.58. The first kappa shape index (κ1) is 18.7. The van der Waals surface area contributed by atoms with Gasteiger partial charge in [-0.25, -0.2) is 0 Å². The molecule has 2 heterocycles. The number of nitrogens with zero attached hydrogens (tertiary/aromatic N) is 1. The lowest BCUT2D eigenvalue weighted by Gasteiger charge is -2.31. The maximum Gasteiger partial charge on any atom is 0.253 e. The molecule has 1 amide bonds. The molecule has 0 bridgehead atoms. The molecule has 1 N–H and O–H groups in total. The number of carbonyl (C=O) groups is 1. The van der Waals surface area contributed by atoms with Crippen LogP contribution in [0.15, 0.2) is 30.3 Å². The number of benzene rings is 1. The highest BCUT2D eigenvalue weighted by Gasteiger charge is 2.18. The van der Waals surface area contributed by atoms with Crippen LogP contribution in [0.1, 0.15) is 41.3 Å². The van der Waals surface area contributed by atoms with Crippen molar-refractivity contribution >= 4 is 40.4 Å². The third kappa shape index (κ3) is 4.98. The molecule has 25 heavy (non-hydrogen) atoms.